The van der Waals surface area contributed by atoms with Gasteiger partial charge >= 0.3 is 0 Å². The zero-order valence-corrected chi connectivity index (χ0v) is 15.1. The molecule has 0 aromatic heterocycles. The number of hydrogen-bond acceptors (Lipinski definition) is 1. The number of unbranched alkanes of at least 4 members (excludes halogenated alkanes) is 10. The highest BCUT2D eigenvalue weighted by Gasteiger charge is 1.95. The first-order valence-corrected chi connectivity index (χ1v) is 9.64. The van der Waals surface area contributed by atoms with Crippen molar-refractivity contribution >= 4 is 0 Å². The third-order valence-electron chi connectivity index (χ3n) is 4.17. The van der Waals surface area contributed by atoms with Gasteiger partial charge in [0.25, 0.3) is 0 Å². The predicted octanol–water partition coefficient (Wildman–Crippen LogP) is 7.41. The Kier molecular flexibility index (Phi) is 17.2. The minimum Gasteiger partial charge on any atom is -0.501 e. The molecule has 0 aromatic rings. The van der Waals surface area contributed by atoms with E-state index in [2.05, 4.69) is 20.8 Å². The summed E-state index contributed by atoms with van der Waals surface area (Å²) in [5, 5.41) is 0. The molecule has 0 unspecified atom stereocenters. The van der Waals surface area contributed by atoms with Crippen molar-refractivity contribution < 1.29 is 4.74 Å². The Balaban J connectivity index is 3.26. The molecule has 1 nitrogen and oxygen atoms in total. The molecular weight excluding hydrogens is 256 g/mol. The maximum Gasteiger partial charge on any atom is 0.0873 e. The van der Waals surface area contributed by atoms with E-state index in [1.54, 1.807) is 0 Å². The van der Waals surface area contributed by atoms with E-state index in [0.717, 1.165) is 13.0 Å². The van der Waals surface area contributed by atoms with Crippen molar-refractivity contribution in [2.75, 3.05) is 6.61 Å². The molecule has 0 aliphatic heterocycles. The summed E-state index contributed by atoms with van der Waals surface area (Å²) >= 11 is 0. The number of allylic oxidation sites excluding steroid dienone is 1. The summed E-state index contributed by atoms with van der Waals surface area (Å²) in [5.41, 5.74) is 1.48. The molecule has 0 bridgehead atoms. The predicted molar refractivity (Wildman–Crippen MR) is 95.7 cm³/mol. The van der Waals surface area contributed by atoms with Gasteiger partial charge in [0.2, 0.25) is 0 Å². The van der Waals surface area contributed by atoms with Crippen molar-refractivity contribution in [2.24, 2.45) is 0 Å². The summed E-state index contributed by atoms with van der Waals surface area (Å²) in [6.07, 6.45) is 20.8. The Hall–Kier alpha value is -0.460. The summed E-state index contributed by atoms with van der Waals surface area (Å²) in [4.78, 5) is 0. The van der Waals surface area contributed by atoms with Crippen LogP contribution in [0.3, 0.4) is 0 Å². The van der Waals surface area contributed by atoms with Crippen molar-refractivity contribution in [1.29, 1.82) is 0 Å². The van der Waals surface area contributed by atoms with E-state index < -0.39 is 0 Å². The van der Waals surface area contributed by atoms with E-state index in [-0.39, 0.29) is 0 Å². The second kappa shape index (κ2) is 17.6. The van der Waals surface area contributed by atoms with Gasteiger partial charge in [-0.2, -0.15) is 0 Å². The van der Waals surface area contributed by atoms with Crippen LogP contribution in [0.5, 0.6) is 0 Å². The Labute approximate surface area is 134 Å². The molecule has 0 aromatic carbocycles. The van der Waals surface area contributed by atoms with Gasteiger partial charge < -0.3 is 4.74 Å². The highest BCUT2D eigenvalue weighted by Crippen LogP contribution is 2.12. The van der Waals surface area contributed by atoms with E-state index >= 15 is 0 Å². The third kappa shape index (κ3) is 15.7. The van der Waals surface area contributed by atoms with Crippen LogP contribution in [0.4, 0.5) is 0 Å². The maximum atomic E-state index is 5.69. The quantitative estimate of drug-likeness (QED) is 0.213. The van der Waals surface area contributed by atoms with Gasteiger partial charge in [-0.3, -0.25) is 0 Å². The number of hydrogen-bond donors (Lipinski definition) is 0. The van der Waals surface area contributed by atoms with Crippen LogP contribution in [-0.2, 0) is 4.74 Å². The molecule has 0 radical (unpaired) electrons. The van der Waals surface area contributed by atoms with Gasteiger partial charge in [-0.25, -0.2) is 0 Å². The first-order valence-electron chi connectivity index (χ1n) is 9.64. The van der Waals surface area contributed by atoms with Gasteiger partial charge in [0.05, 0.1) is 12.9 Å². The second-order valence-corrected chi connectivity index (χ2v) is 6.29. The lowest BCUT2D eigenvalue weighted by atomic mass is 10.1. The fraction of sp³-hybridized carbons (Fsp3) is 0.900. The van der Waals surface area contributed by atoms with Gasteiger partial charge in [-0.1, -0.05) is 85.0 Å². The Morgan fingerprint density at radius 1 is 0.667 bits per heavy atom. The van der Waals surface area contributed by atoms with Crippen LogP contribution in [0.2, 0.25) is 0 Å². The van der Waals surface area contributed by atoms with Crippen LogP contribution in [0.1, 0.15) is 111 Å². The molecule has 0 saturated carbocycles. The summed E-state index contributed by atoms with van der Waals surface area (Å²) in [5.74, 6) is 0. The first-order chi connectivity index (χ1) is 10.3. The minimum absolute atomic E-state index is 0.909. The fourth-order valence-corrected chi connectivity index (χ4v) is 2.57. The maximum absolute atomic E-state index is 5.69. The smallest absolute Gasteiger partial charge is 0.0873 e. The van der Waals surface area contributed by atoms with Crippen LogP contribution in [0.15, 0.2) is 11.8 Å². The Bertz CT molecular complexity index is 220. The van der Waals surface area contributed by atoms with Gasteiger partial charge in [-0.05, 0) is 31.3 Å². The highest BCUT2D eigenvalue weighted by atomic mass is 16.5. The molecule has 0 rings (SSSR count). The molecule has 126 valence electrons. The Morgan fingerprint density at radius 2 is 1.19 bits per heavy atom. The monoisotopic (exact) mass is 296 g/mol. The second-order valence-electron chi connectivity index (χ2n) is 6.29. The van der Waals surface area contributed by atoms with Crippen LogP contribution >= 0.6 is 0 Å². The lowest BCUT2D eigenvalue weighted by Crippen LogP contribution is -1.91. The molecule has 1 heteroatoms. The lowest BCUT2D eigenvalue weighted by Gasteiger charge is -2.06. The fourth-order valence-electron chi connectivity index (χ4n) is 2.57. The zero-order chi connectivity index (χ0) is 15.6. The zero-order valence-electron chi connectivity index (χ0n) is 15.1. The topological polar surface area (TPSA) is 9.23 Å². The normalized spacial score (nSPS) is 11.9. The van der Waals surface area contributed by atoms with Gasteiger partial charge in [0.1, 0.15) is 0 Å². The molecule has 0 fully saturated rings. The third-order valence-corrected chi connectivity index (χ3v) is 4.17. The van der Waals surface area contributed by atoms with Crippen LogP contribution in [-0.4, -0.2) is 6.61 Å². The van der Waals surface area contributed by atoms with E-state index in [1.807, 2.05) is 6.26 Å². The number of ether oxygens (including phenoxy) is 1. The highest BCUT2D eigenvalue weighted by molar-refractivity contribution is 4.96. The van der Waals surface area contributed by atoms with Crippen molar-refractivity contribution in [3.8, 4) is 0 Å². The van der Waals surface area contributed by atoms with Gasteiger partial charge in [0.15, 0.2) is 0 Å². The SMILES string of the molecule is CCCCCCCCCCCCO/C=C(\CC)CCCC. The van der Waals surface area contributed by atoms with Crippen LogP contribution in [0, 0.1) is 0 Å². The minimum atomic E-state index is 0.909. The summed E-state index contributed by atoms with van der Waals surface area (Å²) in [6.45, 7) is 7.67. The molecule has 0 N–H and O–H groups in total. The molecule has 21 heavy (non-hydrogen) atoms. The van der Waals surface area contributed by atoms with Crippen molar-refractivity contribution in [3.05, 3.63) is 11.8 Å². The van der Waals surface area contributed by atoms with Gasteiger partial charge in [-0.15, -0.1) is 0 Å². The lowest BCUT2D eigenvalue weighted by molar-refractivity contribution is 0.236. The molecule has 0 spiro atoms. The average molecular weight is 297 g/mol. The van der Waals surface area contributed by atoms with E-state index in [4.69, 9.17) is 4.74 Å². The van der Waals surface area contributed by atoms with Crippen molar-refractivity contribution in [3.63, 3.8) is 0 Å². The number of rotatable bonds is 16. The largest absolute Gasteiger partial charge is 0.501 e. The molecule has 0 aliphatic carbocycles. The summed E-state index contributed by atoms with van der Waals surface area (Å²) in [7, 11) is 0. The van der Waals surface area contributed by atoms with Crippen molar-refractivity contribution in [2.45, 2.75) is 111 Å². The van der Waals surface area contributed by atoms with Crippen LogP contribution < -0.4 is 0 Å². The average Bonchev–Trinajstić information content (AvgIpc) is 2.51. The molecular formula is C20H40O. The van der Waals surface area contributed by atoms with E-state index in [9.17, 15) is 0 Å². The van der Waals surface area contributed by atoms with Crippen molar-refractivity contribution in [1.82, 2.24) is 0 Å². The van der Waals surface area contributed by atoms with Gasteiger partial charge in [0, 0.05) is 0 Å². The standard InChI is InChI=1S/C20H40O/c1-4-7-9-10-11-12-13-14-15-16-18-21-19-20(6-3)17-8-5-2/h19H,4-18H2,1-3H3/b20-19+. The van der Waals surface area contributed by atoms with E-state index in [1.165, 1.54) is 89.0 Å². The Morgan fingerprint density at radius 3 is 1.71 bits per heavy atom. The first kappa shape index (κ1) is 20.5. The summed E-state index contributed by atoms with van der Waals surface area (Å²) < 4.78 is 5.69. The van der Waals surface area contributed by atoms with E-state index in [0.29, 0.717) is 0 Å². The molecule has 0 aliphatic rings. The molecule has 0 amide bonds. The molecule has 0 saturated heterocycles. The van der Waals surface area contributed by atoms with Crippen LogP contribution in [0.25, 0.3) is 0 Å². The molecule has 0 heterocycles. The molecule has 0 atom stereocenters. The summed E-state index contributed by atoms with van der Waals surface area (Å²) in [6, 6.07) is 0.